The Labute approximate surface area is 117 Å². The van der Waals surface area contributed by atoms with Crippen molar-refractivity contribution in [2.75, 3.05) is 5.75 Å². The Morgan fingerprint density at radius 2 is 2.25 bits per heavy atom. The number of hydrogen-bond donors (Lipinski definition) is 1. The van der Waals surface area contributed by atoms with Gasteiger partial charge >= 0.3 is 0 Å². The zero-order chi connectivity index (χ0) is 11.7. The standard InChI is InChI=1S/C10H13IN2OS2/c1-5-6(2)16-8(4-15-5)9-12-3-7(11)10(14)13-9/h3,5-6,8H,4H2,1-2H3,(H,12,13,14). The Morgan fingerprint density at radius 1 is 1.50 bits per heavy atom. The lowest BCUT2D eigenvalue weighted by Crippen LogP contribution is -2.24. The van der Waals surface area contributed by atoms with E-state index < -0.39 is 0 Å². The summed E-state index contributed by atoms with van der Waals surface area (Å²) in [5, 5.41) is 1.60. The molecule has 2 heterocycles. The van der Waals surface area contributed by atoms with Crippen LogP contribution in [0.3, 0.4) is 0 Å². The summed E-state index contributed by atoms with van der Waals surface area (Å²) in [6.07, 6.45) is 1.66. The number of nitrogens with zero attached hydrogens (tertiary/aromatic N) is 1. The third-order valence-corrected chi connectivity index (χ3v) is 6.80. The molecule has 88 valence electrons. The van der Waals surface area contributed by atoms with Gasteiger partial charge in [-0.05, 0) is 22.6 Å². The van der Waals surface area contributed by atoms with E-state index in [0.29, 0.717) is 19.3 Å². The molecule has 0 bridgehead atoms. The molecule has 0 amide bonds. The van der Waals surface area contributed by atoms with Crippen LogP contribution in [0.25, 0.3) is 0 Å². The van der Waals surface area contributed by atoms with Crippen molar-refractivity contribution in [2.45, 2.75) is 29.6 Å². The van der Waals surface area contributed by atoms with Gasteiger partial charge < -0.3 is 4.98 Å². The van der Waals surface area contributed by atoms with Gasteiger partial charge in [-0.15, -0.1) is 11.8 Å². The summed E-state index contributed by atoms with van der Waals surface area (Å²) in [5.74, 6) is 1.85. The van der Waals surface area contributed by atoms with E-state index in [-0.39, 0.29) is 5.56 Å². The molecule has 6 heteroatoms. The largest absolute Gasteiger partial charge is 0.309 e. The fourth-order valence-electron chi connectivity index (χ4n) is 1.48. The zero-order valence-corrected chi connectivity index (χ0v) is 12.9. The SMILES string of the molecule is CC1SCC(c2ncc(I)c(=O)[nH]2)SC1C. The quantitative estimate of drug-likeness (QED) is 0.775. The molecule has 1 aromatic heterocycles. The van der Waals surface area contributed by atoms with Crippen molar-refractivity contribution in [3.63, 3.8) is 0 Å². The van der Waals surface area contributed by atoms with Gasteiger partial charge in [0.2, 0.25) is 0 Å². The molecule has 3 nitrogen and oxygen atoms in total. The lowest BCUT2D eigenvalue weighted by molar-refractivity contribution is 0.849. The summed E-state index contributed by atoms with van der Waals surface area (Å²) in [4.78, 5) is 18.7. The highest BCUT2D eigenvalue weighted by molar-refractivity contribution is 14.1. The van der Waals surface area contributed by atoms with Crippen molar-refractivity contribution in [1.29, 1.82) is 0 Å². The lowest BCUT2D eigenvalue weighted by Gasteiger charge is -2.30. The maximum Gasteiger partial charge on any atom is 0.264 e. The second kappa shape index (κ2) is 5.30. The van der Waals surface area contributed by atoms with Crippen molar-refractivity contribution < 1.29 is 0 Å². The molecule has 1 aromatic rings. The first-order valence-corrected chi connectivity index (χ1v) is 8.16. The van der Waals surface area contributed by atoms with Crippen molar-refractivity contribution >= 4 is 46.1 Å². The highest BCUT2D eigenvalue weighted by Crippen LogP contribution is 2.42. The Balaban J connectivity index is 2.19. The first kappa shape index (κ1) is 12.8. The van der Waals surface area contributed by atoms with Gasteiger partial charge in [0.25, 0.3) is 5.56 Å². The van der Waals surface area contributed by atoms with Crippen LogP contribution >= 0.6 is 46.1 Å². The minimum atomic E-state index is -0.0255. The van der Waals surface area contributed by atoms with Crippen LogP contribution in [-0.2, 0) is 0 Å². The molecule has 3 unspecified atom stereocenters. The van der Waals surface area contributed by atoms with Gasteiger partial charge in [0, 0.05) is 22.4 Å². The predicted octanol–water partition coefficient (Wildman–Crippen LogP) is 2.67. The van der Waals surface area contributed by atoms with E-state index in [1.54, 1.807) is 6.20 Å². The van der Waals surface area contributed by atoms with Crippen molar-refractivity contribution in [3.8, 4) is 0 Å². The van der Waals surface area contributed by atoms with Crippen LogP contribution in [0.5, 0.6) is 0 Å². The van der Waals surface area contributed by atoms with Crippen molar-refractivity contribution in [2.24, 2.45) is 0 Å². The maximum atomic E-state index is 11.5. The summed E-state index contributed by atoms with van der Waals surface area (Å²) < 4.78 is 0.649. The molecule has 0 saturated carbocycles. The topological polar surface area (TPSA) is 45.8 Å². The summed E-state index contributed by atoms with van der Waals surface area (Å²) in [5.41, 5.74) is -0.0255. The third-order valence-electron chi connectivity index (χ3n) is 2.63. The van der Waals surface area contributed by atoms with Crippen molar-refractivity contribution in [1.82, 2.24) is 9.97 Å². The molecule has 1 N–H and O–H groups in total. The molecule has 3 atom stereocenters. The van der Waals surface area contributed by atoms with Crippen LogP contribution in [0.15, 0.2) is 11.0 Å². The van der Waals surface area contributed by atoms with Crippen molar-refractivity contribution in [3.05, 3.63) is 25.9 Å². The first-order chi connectivity index (χ1) is 7.58. The van der Waals surface area contributed by atoms with Gasteiger partial charge in [0.05, 0.1) is 8.82 Å². The number of hydrogen-bond acceptors (Lipinski definition) is 4. The number of halogens is 1. The minimum absolute atomic E-state index is 0.0255. The number of nitrogens with one attached hydrogen (secondary N) is 1. The van der Waals surface area contributed by atoms with E-state index in [2.05, 4.69) is 23.8 Å². The molecule has 1 aliphatic rings. The monoisotopic (exact) mass is 368 g/mol. The van der Waals surface area contributed by atoms with Gasteiger partial charge in [-0.1, -0.05) is 13.8 Å². The van der Waals surface area contributed by atoms with Crippen LogP contribution in [-0.4, -0.2) is 26.2 Å². The predicted molar refractivity (Wildman–Crippen MR) is 79.3 cm³/mol. The molecule has 1 saturated heterocycles. The molecule has 0 aliphatic carbocycles. The average Bonchev–Trinajstić information content (AvgIpc) is 2.26. The Bertz CT molecular complexity index is 437. The molecule has 16 heavy (non-hydrogen) atoms. The number of aromatic nitrogens is 2. The maximum absolute atomic E-state index is 11.5. The van der Waals surface area contributed by atoms with Crippen LogP contribution in [0.1, 0.15) is 24.9 Å². The normalized spacial score (nSPS) is 30.3. The molecule has 0 radical (unpaired) electrons. The number of aromatic amines is 1. The van der Waals surface area contributed by atoms with E-state index in [0.717, 1.165) is 11.6 Å². The number of H-pyrrole nitrogens is 1. The first-order valence-electron chi connectivity index (χ1n) is 5.09. The van der Waals surface area contributed by atoms with Crippen LogP contribution in [0, 0.1) is 3.57 Å². The molecule has 2 rings (SSSR count). The second-order valence-electron chi connectivity index (χ2n) is 3.81. The molecular weight excluding hydrogens is 355 g/mol. The van der Waals surface area contributed by atoms with Gasteiger partial charge in [-0.3, -0.25) is 4.79 Å². The Morgan fingerprint density at radius 3 is 2.88 bits per heavy atom. The Hall–Kier alpha value is 0.310. The molecule has 0 aromatic carbocycles. The molecular formula is C10H13IN2OS2. The summed E-state index contributed by atoms with van der Waals surface area (Å²) in [6.45, 7) is 4.49. The van der Waals surface area contributed by atoms with E-state index in [1.165, 1.54) is 0 Å². The minimum Gasteiger partial charge on any atom is -0.309 e. The molecule has 1 fully saturated rings. The second-order valence-corrected chi connectivity index (χ2v) is 7.97. The summed E-state index contributed by atoms with van der Waals surface area (Å²) >= 11 is 5.86. The molecule has 0 spiro atoms. The third kappa shape index (κ3) is 2.76. The van der Waals surface area contributed by atoms with Crippen LogP contribution in [0.4, 0.5) is 0 Å². The van der Waals surface area contributed by atoms with Crippen LogP contribution in [0.2, 0.25) is 0 Å². The van der Waals surface area contributed by atoms with Gasteiger partial charge in [0.15, 0.2) is 0 Å². The number of thioether (sulfide) groups is 2. The summed E-state index contributed by atoms with van der Waals surface area (Å²) in [6, 6.07) is 0. The fraction of sp³-hybridized carbons (Fsp3) is 0.600. The smallest absolute Gasteiger partial charge is 0.264 e. The number of rotatable bonds is 1. The Kier molecular flexibility index (Phi) is 4.23. The van der Waals surface area contributed by atoms with E-state index in [9.17, 15) is 4.79 Å². The average molecular weight is 368 g/mol. The fourth-order valence-corrected chi connectivity index (χ4v) is 4.63. The highest BCUT2D eigenvalue weighted by Gasteiger charge is 2.28. The van der Waals surface area contributed by atoms with Gasteiger partial charge in [-0.2, -0.15) is 11.8 Å². The summed E-state index contributed by atoms with van der Waals surface area (Å²) in [7, 11) is 0. The highest BCUT2D eigenvalue weighted by atomic mass is 127. The zero-order valence-electron chi connectivity index (χ0n) is 9.07. The van der Waals surface area contributed by atoms with Gasteiger partial charge in [0.1, 0.15) is 5.82 Å². The van der Waals surface area contributed by atoms with E-state index >= 15 is 0 Å². The molecule has 1 aliphatic heterocycles. The van der Waals surface area contributed by atoms with Crippen LogP contribution < -0.4 is 5.56 Å². The lowest BCUT2D eigenvalue weighted by atomic mass is 10.3. The van der Waals surface area contributed by atoms with E-state index in [1.807, 2.05) is 46.1 Å². The van der Waals surface area contributed by atoms with E-state index in [4.69, 9.17) is 0 Å². The van der Waals surface area contributed by atoms with Gasteiger partial charge in [-0.25, -0.2) is 4.98 Å².